The van der Waals surface area contributed by atoms with Crippen molar-refractivity contribution in [2.24, 2.45) is 5.10 Å². The number of fused-ring (bicyclic) bond motifs is 1. The van der Waals surface area contributed by atoms with Crippen LogP contribution < -0.4 is 14.9 Å². The first-order chi connectivity index (χ1) is 11.2. The highest BCUT2D eigenvalue weighted by Crippen LogP contribution is 2.31. The predicted octanol–water partition coefficient (Wildman–Crippen LogP) is 2.20. The summed E-state index contributed by atoms with van der Waals surface area (Å²) in [5, 5.41) is 13.1. The molecule has 0 aromatic heterocycles. The molecule has 0 spiro atoms. The molecule has 118 valence electrons. The minimum atomic E-state index is -0.171. The van der Waals surface area contributed by atoms with Crippen LogP contribution in [-0.2, 0) is 11.2 Å². The van der Waals surface area contributed by atoms with Crippen LogP contribution in [0, 0.1) is 0 Å². The zero-order valence-electron chi connectivity index (χ0n) is 12.4. The molecule has 6 nitrogen and oxygen atoms in total. The lowest BCUT2D eigenvalue weighted by Gasteiger charge is -2.01. The van der Waals surface area contributed by atoms with Crippen LogP contribution >= 0.6 is 0 Å². The molecule has 3 rings (SSSR count). The fraction of sp³-hybridized carbons (Fsp3) is 0.176. The Morgan fingerprint density at radius 2 is 1.96 bits per heavy atom. The Balaban J connectivity index is 1.47. The van der Waals surface area contributed by atoms with E-state index in [1.165, 1.54) is 0 Å². The van der Waals surface area contributed by atoms with Crippen molar-refractivity contribution in [3.05, 3.63) is 53.6 Å². The van der Waals surface area contributed by atoms with E-state index >= 15 is 0 Å². The Morgan fingerprint density at radius 3 is 2.78 bits per heavy atom. The highest BCUT2D eigenvalue weighted by Gasteiger charge is 2.12. The van der Waals surface area contributed by atoms with Gasteiger partial charge in [-0.3, -0.25) is 4.79 Å². The zero-order chi connectivity index (χ0) is 16.1. The Hall–Kier alpha value is -3.02. The molecule has 0 atom stereocenters. The third-order valence-electron chi connectivity index (χ3n) is 3.38. The SMILES string of the molecule is O=C(CCc1ccc(O)cc1)N/N=C/c1ccc2c(c1)OCO2. The van der Waals surface area contributed by atoms with Gasteiger partial charge in [0.05, 0.1) is 6.21 Å². The van der Waals surface area contributed by atoms with E-state index < -0.39 is 0 Å². The first-order valence-electron chi connectivity index (χ1n) is 7.20. The molecule has 0 aliphatic carbocycles. The van der Waals surface area contributed by atoms with Crippen LogP contribution in [0.3, 0.4) is 0 Å². The number of aromatic hydroxyl groups is 1. The summed E-state index contributed by atoms with van der Waals surface area (Å²) in [7, 11) is 0. The quantitative estimate of drug-likeness (QED) is 0.655. The molecular formula is C17H16N2O4. The number of benzene rings is 2. The number of hydrogen-bond donors (Lipinski definition) is 2. The highest BCUT2D eigenvalue weighted by atomic mass is 16.7. The van der Waals surface area contributed by atoms with Gasteiger partial charge in [0.15, 0.2) is 11.5 Å². The Bertz CT molecular complexity index is 726. The van der Waals surface area contributed by atoms with E-state index in [1.54, 1.807) is 42.6 Å². The van der Waals surface area contributed by atoms with Crippen molar-refractivity contribution in [3.63, 3.8) is 0 Å². The second-order valence-electron chi connectivity index (χ2n) is 5.07. The molecule has 0 bridgehead atoms. The third kappa shape index (κ3) is 4.00. The van der Waals surface area contributed by atoms with Gasteiger partial charge in [-0.2, -0.15) is 5.10 Å². The summed E-state index contributed by atoms with van der Waals surface area (Å²) in [5.74, 6) is 1.43. The summed E-state index contributed by atoms with van der Waals surface area (Å²) in [6.07, 6.45) is 2.47. The topological polar surface area (TPSA) is 80.2 Å². The van der Waals surface area contributed by atoms with Gasteiger partial charge in [0.25, 0.3) is 0 Å². The smallest absolute Gasteiger partial charge is 0.240 e. The maximum atomic E-state index is 11.7. The van der Waals surface area contributed by atoms with E-state index in [4.69, 9.17) is 9.47 Å². The fourth-order valence-corrected chi connectivity index (χ4v) is 2.15. The number of hydrazone groups is 1. The minimum Gasteiger partial charge on any atom is -0.508 e. The van der Waals surface area contributed by atoms with Gasteiger partial charge in [-0.05, 0) is 47.9 Å². The maximum Gasteiger partial charge on any atom is 0.240 e. The fourth-order valence-electron chi connectivity index (χ4n) is 2.15. The van der Waals surface area contributed by atoms with Crippen LogP contribution in [0.15, 0.2) is 47.6 Å². The van der Waals surface area contributed by atoms with E-state index in [-0.39, 0.29) is 18.4 Å². The van der Waals surface area contributed by atoms with Gasteiger partial charge in [0.2, 0.25) is 12.7 Å². The Morgan fingerprint density at radius 1 is 1.17 bits per heavy atom. The van der Waals surface area contributed by atoms with Gasteiger partial charge in [-0.15, -0.1) is 0 Å². The first kappa shape index (κ1) is 14.9. The average molecular weight is 312 g/mol. The van der Waals surface area contributed by atoms with Crippen molar-refractivity contribution in [1.29, 1.82) is 0 Å². The molecule has 1 aliphatic rings. The van der Waals surface area contributed by atoms with Gasteiger partial charge in [0, 0.05) is 6.42 Å². The average Bonchev–Trinajstić information content (AvgIpc) is 3.02. The number of amides is 1. The molecule has 2 N–H and O–H groups in total. The van der Waals surface area contributed by atoms with Crippen molar-refractivity contribution < 1.29 is 19.4 Å². The van der Waals surface area contributed by atoms with Gasteiger partial charge >= 0.3 is 0 Å². The summed E-state index contributed by atoms with van der Waals surface area (Å²) in [5.41, 5.74) is 4.29. The number of hydrogen-bond acceptors (Lipinski definition) is 5. The molecule has 0 fully saturated rings. The molecule has 0 radical (unpaired) electrons. The third-order valence-corrected chi connectivity index (χ3v) is 3.38. The van der Waals surface area contributed by atoms with Crippen LogP contribution in [0.4, 0.5) is 0 Å². The first-order valence-corrected chi connectivity index (χ1v) is 7.20. The molecular weight excluding hydrogens is 296 g/mol. The zero-order valence-corrected chi connectivity index (χ0v) is 12.4. The van der Waals surface area contributed by atoms with E-state index in [1.807, 2.05) is 6.07 Å². The molecule has 23 heavy (non-hydrogen) atoms. The van der Waals surface area contributed by atoms with Crippen LogP contribution in [0.1, 0.15) is 17.5 Å². The highest BCUT2D eigenvalue weighted by molar-refractivity contribution is 5.83. The largest absolute Gasteiger partial charge is 0.508 e. The Kier molecular flexibility index (Phi) is 4.42. The normalized spacial score (nSPS) is 12.5. The van der Waals surface area contributed by atoms with E-state index in [0.717, 1.165) is 11.1 Å². The molecule has 0 unspecified atom stereocenters. The lowest BCUT2D eigenvalue weighted by atomic mass is 10.1. The summed E-state index contributed by atoms with van der Waals surface area (Å²) >= 11 is 0. The lowest BCUT2D eigenvalue weighted by molar-refractivity contribution is -0.121. The van der Waals surface area contributed by atoms with E-state index in [2.05, 4.69) is 10.5 Å². The number of rotatable bonds is 5. The van der Waals surface area contributed by atoms with Crippen LogP contribution in [0.25, 0.3) is 0 Å². The van der Waals surface area contributed by atoms with Gasteiger partial charge in [-0.1, -0.05) is 12.1 Å². The van der Waals surface area contributed by atoms with Crippen LogP contribution in [-0.4, -0.2) is 24.0 Å². The number of phenols is 1. The number of ether oxygens (including phenoxy) is 2. The molecule has 1 heterocycles. The molecule has 2 aromatic carbocycles. The second-order valence-corrected chi connectivity index (χ2v) is 5.07. The van der Waals surface area contributed by atoms with Crippen molar-refractivity contribution in [2.75, 3.05) is 6.79 Å². The minimum absolute atomic E-state index is 0.171. The summed E-state index contributed by atoms with van der Waals surface area (Å²) < 4.78 is 10.5. The molecule has 0 saturated carbocycles. The summed E-state index contributed by atoms with van der Waals surface area (Å²) in [6.45, 7) is 0.226. The van der Waals surface area contributed by atoms with Gasteiger partial charge in [-0.25, -0.2) is 5.43 Å². The molecule has 1 amide bonds. The summed E-state index contributed by atoms with van der Waals surface area (Å²) in [4.78, 5) is 11.7. The maximum absolute atomic E-state index is 11.7. The predicted molar refractivity (Wildman–Crippen MR) is 84.7 cm³/mol. The molecule has 6 heteroatoms. The monoisotopic (exact) mass is 312 g/mol. The Labute approximate surface area is 133 Å². The number of carbonyl (C=O) groups is 1. The second kappa shape index (κ2) is 6.83. The number of carbonyl (C=O) groups excluding carboxylic acids is 1. The van der Waals surface area contributed by atoms with E-state index in [9.17, 15) is 9.90 Å². The number of aryl methyl sites for hydroxylation is 1. The molecule has 1 aliphatic heterocycles. The molecule has 2 aromatic rings. The van der Waals surface area contributed by atoms with Crippen molar-refractivity contribution in [1.82, 2.24) is 5.43 Å². The van der Waals surface area contributed by atoms with Crippen LogP contribution in [0.5, 0.6) is 17.2 Å². The summed E-state index contributed by atoms with van der Waals surface area (Å²) in [6, 6.07) is 12.2. The standard InChI is InChI=1S/C17H16N2O4/c20-14-5-1-12(2-6-14)4-8-17(21)19-18-10-13-3-7-15-16(9-13)23-11-22-15/h1-3,5-7,9-10,20H,4,8,11H2,(H,19,21)/b18-10+. The lowest BCUT2D eigenvalue weighted by Crippen LogP contribution is -2.17. The van der Waals surface area contributed by atoms with E-state index in [0.29, 0.717) is 24.3 Å². The van der Waals surface area contributed by atoms with Crippen molar-refractivity contribution in [2.45, 2.75) is 12.8 Å². The molecule has 0 saturated heterocycles. The van der Waals surface area contributed by atoms with Gasteiger partial charge < -0.3 is 14.6 Å². The van der Waals surface area contributed by atoms with Crippen LogP contribution in [0.2, 0.25) is 0 Å². The van der Waals surface area contributed by atoms with Crippen molar-refractivity contribution in [3.8, 4) is 17.2 Å². The van der Waals surface area contributed by atoms with Crippen molar-refractivity contribution >= 4 is 12.1 Å². The number of nitrogens with zero attached hydrogens (tertiary/aromatic N) is 1. The number of nitrogens with one attached hydrogen (secondary N) is 1. The number of phenolic OH excluding ortho intramolecular Hbond substituents is 1. The van der Waals surface area contributed by atoms with Gasteiger partial charge in [0.1, 0.15) is 5.75 Å².